The molecule has 0 saturated heterocycles. The minimum Gasteiger partial charge on any atom is -0.387 e. The van der Waals surface area contributed by atoms with Crippen molar-refractivity contribution in [2.45, 2.75) is 6.10 Å². The van der Waals surface area contributed by atoms with Crippen LogP contribution in [0.3, 0.4) is 0 Å². The van der Waals surface area contributed by atoms with Crippen molar-refractivity contribution in [3.63, 3.8) is 0 Å². The van der Waals surface area contributed by atoms with Crippen LogP contribution in [0.4, 0.5) is 10.1 Å². The van der Waals surface area contributed by atoms with Gasteiger partial charge in [0, 0.05) is 20.0 Å². The Labute approximate surface area is 141 Å². The third kappa shape index (κ3) is 4.04. The first-order chi connectivity index (χ1) is 9.47. The third-order valence-electron chi connectivity index (χ3n) is 2.73. The number of nitrogens with one attached hydrogen (secondary N) is 1. The van der Waals surface area contributed by atoms with Crippen LogP contribution in [0.15, 0.2) is 49.8 Å². The van der Waals surface area contributed by atoms with E-state index >= 15 is 0 Å². The number of rotatable bonds is 4. The van der Waals surface area contributed by atoms with Crippen molar-refractivity contribution in [2.24, 2.45) is 0 Å². The molecule has 6 heteroatoms. The van der Waals surface area contributed by atoms with Crippen molar-refractivity contribution in [1.29, 1.82) is 0 Å². The van der Waals surface area contributed by atoms with Gasteiger partial charge in [0.1, 0.15) is 5.82 Å². The molecule has 2 aromatic rings. The topological polar surface area (TPSA) is 32.3 Å². The maximum atomic E-state index is 12.8. The SMILES string of the molecule is OC(CNc1c(Br)cc(Br)cc1Br)c1ccc(F)cc1. The van der Waals surface area contributed by atoms with Crippen molar-refractivity contribution in [3.05, 3.63) is 61.2 Å². The Kier molecular flexibility index (Phi) is 5.60. The lowest BCUT2D eigenvalue weighted by Gasteiger charge is -2.15. The molecule has 1 atom stereocenters. The molecule has 2 rings (SSSR count). The molecule has 1 unspecified atom stereocenters. The van der Waals surface area contributed by atoms with Crippen LogP contribution < -0.4 is 5.32 Å². The Balaban J connectivity index is 2.07. The largest absolute Gasteiger partial charge is 0.387 e. The lowest BCUT2D eigenvalue weighted by Crippen LogP contribution is -2.12. The molecule has 0 amide bonds. The van der Waals surface area contributed by atoms with E-state index in [0.29, 0.717) is 12.1 Å². The predicted octanol–water partition coefficient (Wildman–Crippen LogP) is 5.26. The monoisotopic (exact) mass is 465 g/mol. The summed E-state index contributed by atoms with van der Waals surface area (Å²) in [6.07, 6.45) is -0.710. The molecule has 2 N–H and O–H groups in total. The van der Waals surface area contributed by atoms with Crippen LogP contribution >= 0.6 is 47.8 Å². The molecule has 0 heterocycles. The minimum absolute atomic E-state index is 0.313. The van der Waals surface area contributed by atoms with E-state index in [-0.39, 0.29) is 5.82 Å². The predicted molar refractivity (Wildman–Crippen MR) is 89.4 cm³/mol. The Bertz CT molecular complexity index is 581. The summed E-state index contributed by atoms with van der Waals surface area (Å²) in [7, 11) is 0. The molecule has 0 bridgehead atoms. The van der Waals surface area contributed by atoms with Gasteiger partial charge in [-0.2, -0.15) is 0 Å². The molecule has 0 spiro atoms. The highest BCUT2D eigenvalue weighted by Gasteiger charge is 2.11. The van der Waals surface area contributed by atoms with E-state index in [2.05, 4.69) is 53.1 Å². The van der Waals surface area contributed by atoms with Gasteiger partial charge >= 0.3 is 0 Å². The van der Waals surface area contributed by atoms with Gasteiger partial charge in [-0.1, -0.05) is 28.1 Å². The molecular weight excluding hydrogens is 457 g/mol. The first-order valence-corrected chi connectivity index (χ1v) is 8.17. The fraction of sp³-hybridized carbons (Fsp3) is 0.143. The van der Waals surface area contributed by atoms with Gasteiger partial charge in [-0.05, 0) is 61.7 Å². The molecule has 0 aromatic heterocycles. The number of aliphatic hydroxyl groups excluding tert-OH is 1. The van der Waals surface area contributed by atoms with Crippen LogP contribution in [0, 0.1) is 5.82 Å². The fourth-order valence-corrected chi connectivity index (χ4v) is 4.25. The fourth-order valence-electron chi connectivity index (χ4n) is 1.71. The average molecular weight is 468 g/mol. The molecule has 0 aliphatic rings. The van der Waals surface area contributed by atoms with Crippen LogP contribution in [-0.4, -0.2) is 11.7 Å². The van der Waals surface area contributed by atoms with Crippen LogP contribution in [-0.2, 0) is 0 Å². The van der Waals surface area contributed by atoms with Gasteiger partial charge in [0.05, 0.1) is 11.8 Å². The van der Waals surface area contributed by atoms with Gasteiger partial charge in [0.15, 0.2) is 0 Å². The number of hydrogen-bond donors (Lipinski definition) is 2. The normalized spacial score (nSPS) is 12.2. The molecule has 20 heavy (non-hydrogen) atoms. The summed E-state index contributed by atoms with van der Waals surface area (Å²) in [6, 6.07) is 9.66. The lowest BCUT2D eigenvalue weighted by atomic mass is 10.1. The molecule has 0 fully saturated rings. The lowest BCUT2D eigenvalue weighted by molar-refractivity contribution is 0.191. The van der Waals surface area contributed by atoms with Crippen LogP contribution in [0.1, 0.15) is 11.7 Å². The van der Waals surface area contributed by atoms with Crippen molar-refractivity contribution in [2.75, 3.05) is 11.9 Å². The first kappa shape index (κ1) is 15.9. The molecular formula is C14H11Br3FNO. The summed E-state index contributed by atoms with van der Waals surface area (Å²) in [6.45, 7) is 0.324. The summed E-state index contributed by atoms with van der Waals surface area (Å²) in [4.78, 5) is 0. The highest BCUT2D eigenvalue weighted by Crippen LogP contribution is 2.34. The Morgan fingerprint density at radius 1 is 1.05 bits per heavy atom. The van der Waals surface area contributed by atoms with E-state index in [9.17, 15) is 9.50 Å². The van der Waals surface area contributed by atoms with Gasteiger partial charge in [0.2, 0.25) is 0 Å². The summed E-state index contributed by atoms with van der Waals surface area (Å²) in [5, 5.41) is 13.2. The zero-order valence-electron chi connectivity index (χ0n) is 10.2. The van der Waals surface area contributed by atoms with Crippen molar-refractivity contribution < 1.29 is 9.50 Å². The van der Waals surface area contributed by atoms with E-state index in [1.807, 2.05) is 12.1 Å². The number of anilines is 1. The number of hydrogen-bond acceptors (Lipinski definition) is 2. The number of benzene rings is 2. The zero-order chi connectivity index (χ0) is 14.7. The molecule has 2 nitrogen and oxygen atoms in total. The molecule has 2 aromatic carbocycles. The molecule has 0 aliphatic heterocycles. The van der Waals surface area contributed by atoms with Crippen LogP contribution in [0.25, 0.3) is 0 Å². The maximum Gasteiger partial charge on any atom is 0.123 e. The Morgan fingerprint density at radius 3 is 2.15 bits per heavy atom. The highest BCUT2D eigenvalue weighted by atomic mass is 79.9. The molecule has 0 radical (unpaired) electrons. The van der Waals surface area contributed by atoms with Crippen molar-refractivity contribution >= 4 is 53.5 Å². The highest BCUT2D eigenvalue weighted by molar-refractivity contribution is 9.11. The van der Waals surface area contributed by atoms with E-state index in [4.69, 9.17) is 0 Å². The summed E-state index contributed by atoms with van der Waals surface area (Å²) in [5.41, 5.74) is 1.53. The molecule has 0 aliphatic carbocycles. The Hall–Kier alpha value is -0.430. The van der Waals surface area contributed by atoms with Crippen molar-refractivity contribution in [1.82, 2.24) is 0 Å². The van der Waals surface area contributed by atoms with E-state index in [0.717, 1.165) is 19.1 Å². The van der Waals surface area contributed by atoms with Gasteiger partial charge in [-0.15, -0.1) is 0 Å². The van der Waals surface area contributed by atoms with Gasteiger partial charge in [0.25, 0.3) is 0 Å². The smallest absolute Gasteiger partial charge is 0.123 e. The summed E-state index contributed by atoms with van der Waals surface area (Å²) < 4.78 is 15.5. The average Bonchev–Trinajstić information content (AvgIpc) is 2.38. The van der Waals surface area contributed by atoms with E-state index in [1.165, 1.54) is 12.1 Å². The summed E-state index contributed by atoms with van der Waals surface area (Å²) in [5.74, 6) is -0.313. The van der Waals surface area contributed by atoms with Gasteiger partial charge in [-0.25, -0.2) is 4.39 Å². The number of aliphatic hydroxyl groups is 1. The zero-order valence-corrected chi connectivity index (χ0v) is 15.0. The van der Waals surface area contributed by atoms with Crippen LogP contribution in [0.5, 0.6) is 0 Å². The third-order valence-corrected chi connectivity index (χ3v) is 4.44. The Morgan fingerprint density at radius 2 is 1.60 bits per heavy atom. The van der Waals surface area contributed by atoms with Gasteiger partial charge < -0.3 is 10.4 Å². The quantitative estimate of drug-likeness (QED) is 0.643. The standard InChI is InChI=1S/C14H11Br3FNO/c15-9-5-11(16)14(12(17)6-9)19-7-13(20)8-1-3-10(18)4-2-8/h1-6,13,19-20H,7H2. The molecule has 106 valence electrons. The number of halogens is 4. The maximum absolute atomic E-state index is 12.8. The van der Waals surface area contributed by atoms with Crippen molar-refractivity contribution in [3.8, 4) is 0 Å². The van der Waals surface area contributed by atoms with Gasteiger partial charge in [-0.3, -0.25) is 0 Å². The van der Waals surface area contributed by atoms with E-state index < -0.39 is 6.10 Å². The second kappa shape index (κ2) is 7.02. The summed E-state index contributed by atoms with van der Waals surface area (Å²) >= 11 is 10.3. The molecule has 0 saturated carbocycles. The second-order valence-electron chi connectivity index (χ2n) is 4.19. The van der Waals surface area contributed by atoms with Crippen LogP contribution in [0.2, 0.25) is 0 Å². The second-order valence-corrected chi connectivity index (χ2v) is 6.82. The first-order valence-electron chi connectivity index (χ1n) is 5.79. The van der Waals surface area contributed by atoms with E-state index in [1.54, 1.807) is 12.1 Å². The minimum atomic E-state index is -0.710.